The summed E-state index contributed by atoms with van der Waals surface area (Å²) in [7, 11) is 0. The lowest BCUT2D eigenvalue weighted by Crippen LogP contribution is -2.44. The largest absolute Gasteiger partial charge is 0.487 e. The van der Waals surface area contributed by atoms with Crippen LogP contribution in [-0.2, 0) is 25.6 Å². The number of nitrogens with one attached hydrogen (secondary N) is 4. The third-order valence-electron chi connectivity index (χ3n) is 9.46. The van der Waals surface area contributed by atoms with Gasteiger partial charge in [-0.25, -0.2) is 0 Å². The van der Waals surface area contributed by atoms with Gasteiger partial charge >= 0.3 is 0 Å². The highest BCUT2D eigenvalue weighted by Gasteiger charge is 2.34. The molecule has 1 aromatic carbocycles. The predicted molar refractivity (Wildman–Crippen MR) is 185 cm³/mol. The number of carbonyl (C=O) groups excluding carboxylic acids is 4. The van der Waals surface area contributed by atoms with Gasteiger partial charge in [0.25, 0.3) is 0 Å². The molecule has 10 nitrogen and oxygen atoms in total. The van der Waals surface area contributed by atoms with Crippen molar-refractivity contribution in [1.82, 2.24) is 16.0 Å². The molecule has 3 atom stereocenters. The highest BCUT2D eigenvalue weighted by molar-refractivity contribution is 5.97. The number of hydrogen-bond acceptors (Lipinski definition) is 6. The molecule has 10 heteroatoms. The molecule has 0 aliphatic carbocycles. The van der Waals surface area contributed by atoms with Crippen molar-refractivity contribution in [2.75, 3.05) is 31.5 Å². The molecule has 0 aromatic heterocycles. The lowest BCUT2D eigenvalue weighted by atomic mass is 9.82. The normalized spacial score (nSPS) is 17.0. The summed E-state index contributed by atoms with van der Waals surface area (Å²) in [5, 5.41) is 10.2. The first-order chi connectivity index (χ1) is 21.7. The second kappa shape index (κ2) is 18.9. The molecule has 0 saturated carbocycles. The Hall–Kier alpha value is -3.14. The number of carbonyl (C=O) groups is 4. The van der Waals surface area contributed by atoms with Gasteiger partial charge in [-0.05, 0) is 93.4 Å². The Balaban J connectivity index is 1.86. The maximum absolute atomic E-state index is 12.8. The van der Waals surface area contributed by atoms with Gasteiger partial charge < -0.3 is 31.7 Å². The molecule has 46 heavy (non-hydrogen) atoms. The number of fused-ring (bicyclic) bond motifs is 1. The van der Waals surface area contributed by atoms with Crippen molar-refractivity contribution < 1.29 is 23.9 Å². The van der Waals surface area contributed by atoms with Gasteiger partial charge in [-0.15, -0.1) is 0 Å². The Morgan fingerprint density at radius 1 is 0.739 bits per heavy atom. The molecule has 0 saturated heterocycles. The fourth-order valence-electron chi connectivity index (χ4n) is 6.12. The fourth-order valence-corrected chi connectivity index (χ4v) is 6.12. The van der Waals surface area contributed by atoms with E-state index in [4.69, 9.17) is 10.5 Å². The second-order valence-electron chi connectivity index (χ2n) is 14.2. The number of anilines is 1. The van der Waals surface area contributed by atoms with Crippen LogP contribution in [0.2, 0.25) is 0 Å². The van der Waals surface area contributed by atoms with E-state index in [1.54, 1.807) is 0 Å². The van der Waals surface area contributed by atoms with E-state index in [9.17, 15) is 19.2 Å². The van der Waals surface area contributed by atoms with E-state index in [1.807, 2.05) is 20.8 Å². The molecule has 0 radical (unpaired) electrons. The van der Waals surface area contributed by atoms with Gasteiger partial charge in [0.2, 0.25) is 23.6 Å². The molecule has 1 heterocycles. The Morgan fingerprint density at radius 2 is 1.26 bits per heavy atom. The molecule has 0 fully saturated rings. The van der Waals surface area contributed by atoms with Gasteiger partial charge in [0.15, 0.2) is 0 Å². The summed E-state index contributed by atoms with van der Waals surface area (Å²) in [6.07, 6.45) is 11.9. The monoisotopic (exact) mass is 643 g/mol. The van der Waals surface area contributed by atoms with Crippen LogP contribution >= 0.6 is 0 Å². The van der Waals surface area contributed by atoms with Gasteiger partial charge in [0, 0.05) is 5.69 Å². The lowest BCUT2D eigenvalue weighted by Gasteiger charge is -2.39. The van der Waals surface area contributed by atoms with Gasteiger partial charge in [-0.2, -0.15) is 0 Å². The minimum absolute atomic E-state index is 0.213. The molecule has 1 aliphatic rings. The Kier molecular flexibility index (Phi) is 16.0. The SMILES string of the molecule is Cc1c(C)c2c(c(C)c1NC(=O)CNC(=O)CNC(=O)CNC(=O)CN)CC[C@@](C)(CC[C@@H](C)CCC[C@@H](C)CCCC(C)C)O2. The van der Waals surface area contributed by atoms with Gasteiger partial charge in [0.05, 0.1) is 26.2 Å². The number of nitrogens with two attached hydrogens (primary N) is 1. The summed E-state index contributed by atoms with van der Waals surface area (Å²) in [5.41, 5.74) is 9.80. The van der Waals surface area contributed by atoms with E-state index in [2.05, 4.69) is 55.9 Å². The zero-order valence-corrected chi connectivity index (χ0v) is 29.8. The Labute approximate surface area is 277 Å². The van der Waals surface area contributed by atoms with Crippen LogP contribution in [0.25, 0.3) is 0 Å². The van der Waals surface area contributed by atoms with Crippen LogP contribution in [0, 0.1) is 38.5 Å². The zero-order valence-electron chi connectivity index (χ0n) is 29.8. The van der Waals surface area contributed by atoms with E-state index in [-0.39, 0.29) is 37.7 Å². The van der Waals surface area contributed by atoms with E-state index < -0.39 is 17.7 Å². The Bertz CT molecular complexity index is 1200. The van der Waals surface area contributed by atoms with Crippen molar-refractivity contribution in [3.8, 4) is 5.75 Å². The highest BCUT2D eigenvalue weighted by Crippen LogP contribution is 2.44. The number of ether oxygens (including phenoxy) is 1. The summed E-state index contributed by atoms with van der Waals surface area (Å²) >= 11 is 0. The number of benzene rings is 1. The quantitative estimate of drug-likeness (QED) is 0.143. The first-order valence-electron chi connectivity index (χ1n) is 17.3. The molecular formula is C36H61N5O5. The van der Waals surface area contributed by atoms with E-state index >= 15 is 0 Å². The van der Waals surface area contributed by atoms with Crippen LogP contribution in [0.3, 0.4) is 0 Å². The zero-order chi connectivity index (χ0) is 34.4. The first-order valence-corrected chi connectivity index (χ1v) is 17.3. The van der Waals surface area contributed by atoms with Crippen LogP contribution in [0.5, 0.6) is 5.75 Å². The smallest absolute Gasteiger partial charge is 0.243 e. The first kappa shape index (κ1) is 39.0. The average molecular weight is 644 g/mol. The number of amides is 4. The van der Waals surface area contributed by atoms with Crippen LogP contribution in [0.4, 0.5) is 5.69 Å². The number of hydrogen-bond donors (Lipinski definition) is 5. The van der Waals surface area contributed by atoms with Crippen LogP contribution in [0.1, 0.15) is 115 Å². The minimum Gasteiger partial charge on any atom is -0.487 e. The van der Waals surface area contributed by atoms with Crippen LogP contribution < -0.4 is 31.7 Å². The van der Waals surface area contributed by atoms with Gasteiger partial charge in [-0.3, -0.25) is 19.2 Å². The standard InChI is InChI=1S/C36H61N5O5/c1-23(2)11-9-12-24(3)13-10-14-25(4)15-17-36(8)18-16-29-28(7)34(26(5)27(6)35(29)46-36)41-33(45)22-40-32(44)21-39-31(43)20-38-30(42)19-37/h23-25H,9-22,37H2,1-8H3,(H,38,42)(H,39,43)(H,40,44)(H,41,45)/t24-,25-,36+/m0/s1. The Morgan fingerprint density at radius 3 is 1.83 bits per heavy atom. The summed E-state index contributed by atoms with van der Waals surface area (Å²) in [4.78, 5) is 47.8. The number of rotatable bonds is 19. The van der Waals surface area contributed by atoms with Crippen molar-refractivity contribution in [3.63, 3.8) is 0 Å². The van der Waals surface area contributed by atoms with Crippen molar-refractivity contribution in [3.05, 3.63) is 22.3 Å². The predicted octanol–water partition coefficient (Wildman–Crippen LogP) is 4.99. The van der Waals surface area contributed by atoms with Crippen molar-refractivity contribution in [2.45, 2.75) is 125 Å². The average Bonchev–Trinajstić information content (AvgIpc) is 3.01. The van der Waals surface area contributed by atoms with E-state index in [0.717, 1.165) is 71.2 Å². The van der Waals surface area contributed by atoms with Gasteiger partial charge in [-0.1, -0.05) is 66.2 Å². The summed E-state index contributed by atoms with van der Waals surface area (Å²) in [6.45, 7) is 16.6. The van der Waals surface area contributed by atoms with Crippen molar-refractivity contribution in [1.29, 1.82) is 0 Å². The summed E-state index contributed by atoms with van der Waals surface area (Å²) in [5.74, 6) is 1.35. The molecular weight excluding hydrogens is 582 g/mol. The molecule has 0 spiro atoms. The molecule has 6 N–H and O–H groups in total. The third kappa shape index (κ3) is 12.9. The maximum Gasteiger partial charge on any atom is 0.243 e. The lowest BCUT2D eigenvalue weighted by molar-refractivity contribution is -0.127. The summed E-state index contributed by atoms with van der Waals surface area (Å²) < 4.78 is 6.76. The minimum atomic E-state index is -0.530. The molecule has 1 aromatic rings. The molecule has 2 rings (SSSR count). The van der Waals surface area contributed by atoms with Crippen molar-refractivity contribution in [2.24, 2.45) is 23.5 Å². The van der Waals surface area contributed by atoms with E-state index in [0.29, 0.717) is 5.92 Å². The molecule has 4 amide bonds. The van der Waals surface area contributed by atoms with Crippen molar-refractivity contribution >= 4 is 29.3 Å². The van der Waals surface area contributed by atoms with E-state index in [1.165, 1.54) is 38.5 Å². The molecule has 1 aliphatic heterocycles. The molecule has 0 bridgehead atoms. The third-order valence-corrected chi connectivity index (χ3v) is 9.46. The maximum atomic E-state index is 12.8. The summed E-state index contributed by atoms with van der Waals surface area (Å²) in [6, 6.07) is 0. The second-order valence-corrected chi connectivity index (χ2v) is 14.2. The van der Waals surface area contributed by atoms with Crippen LogP contribution in [-0.4, -0.2) is 55.4 Å². The fraction of sp³-hybridized carbons (Fsp3) is 0.722. The topological polar surface area (TPSA) is 152 Å². The van der Waals surface area contributed by atoms with Crippen LogP contribution in [0.15, 0.2) is 0 Å². The highest BCUT2D eigenvalue weighted by atomic mass is 16.5. The molecule has 0 unspecified atom stereocenters. The molecule has 260 valence electrons. The van der Waals surface area contributed by atoms with Gasteiger partial charge in [0.1, 0.15) is 11.4 Å².